The molecule has 0 aromatic carbocycles. The second-order valence-corrected chi connectivity index (χ2v) is 6.63. The van der Waals surface area contributed by atoms with E-state index in [4.69, 9.17) is 0 Å². The Labute approximate surface area is 110 Å². The Hall–Kier alpha value is -0.900. The molecule has 100 valence electrons. The summed E-state index contributed by atoms with van der Waals surface area (Å²) in [7, 11) is 3.92. The van der Waals surface area contributed by atoms with Crippen molar-refractivity contribution in [2.45, 2.75) is 32.1 Å². The van der Waals surface area contributed by atoms with E-state index < -0.39 is 0 Å². The van der Waals surface area contributed by atoms with Crippen LogP contribution in [0.5, 0.6) is 0 Å². The van der Waals surface area contributed by atoms with E-state index in [0.29, 0.717) is 5.41 Å². The molecule has 0 atom stereocenters. The zero-order chi connectivity index (χ0) is 12.8. The number of hydrazone groups is 1. The van der Waals surface area contributed by atoms with Gasteiger partial charge >= 0.3 is 0 Å². The average Bonchev–Trinajstić information content (AvgIpc) is 2.25. The van der Waals surface area contributed by atoms with Gasteiger partial charge in [0, 0.05) is 19.5 Å². The molecule has 4 heteroatoms. The topological polar surface area (TPSA) is 40.0 Å². The molecular weight excluding hydrogens is 224 g/mol. The molecule has 0 radical (unpaired) electrons. The van der Waals surface area contributed by atoms with E-state index in [1.807, 2.05) is 19.1 Å². The van der Waals surface area contributed by atoms with Gasteiger partial charge in [-0.1, -0.05) is 0 Å². The number of aliphatic imine (C=N–C) groups is 1. The molecule has 0 unspecified atom stereocenters. The Morgan fingerprint density at radius 2 is 1.83 bits per heavy atom. The smallest absolute Gasteiger partial charge is 0.153 e. The highest BCUT2D eigenvalue weighted by molar-refractivity contribution is 5.94. The standard InChI is InChI=1S/C14H24N4/c1-15-12(17-18(2)3)14-8-13(9-14,10-14)11-4-6-16-7-5-11/h11,16H,1,4-10H2,2-3H3/b17-12-. The lowest BCUT2D eigenvalue weighted by Crippen LogP contribution is -2.68. The summed E-state index contributed by atoms with van der Waals surface area (Å²) >= 11 is 0. The van der Waals surface area contributed by atoms with Gasteiger partial charge in [-0.3, -0.25) is 0 Å². The summed E-state index contributed by atoms with van der Waals surface area (Å²) in [6.45, 7) is 6.12. The summed E-state index contributed by atoms with van der Waals surface area (Å²) in [5.74, 6) is 1.91. The molecule has 0 spiro atoms. The van der Waals surface area contributed by atoms with Crippen molar-refractivity contribution < 1.29 is 0 Å². The first kappa shape index (κ1) is 12.2. The molecule has 0 aromatic rings. The molecule has 4 fully saturated rings. The van der Waals surface area contributed by atoms with Crippen molar-refractivity contribution >= 4 is 12.6 Å². The lowest BCUT2D eigenvalue weighted by Gasteiger charge is -2.73. The van der Waals surface area contributed by atoms with E-state index in [-0.39, 0.29) is 5.41 Å². The second-order valence-electron chi connectivity index (χ2n) is 6.63. The van der Waals surface area contributed by atoms with Gasteiger partial charge in [0.1, 0.15) is 0 Å². The molecular formula is C14H24N4. The van der Waals surface area contributed by atoms with Crippen molar-refractivity contribution in [2.24, 2.45) is 26.8 Å². The highest BCUT2D eigenvalue weighted by atomic mass is 15.4. The Kier molecular flexibility index (Phi) is 2.73. The van der Waals surface area contributed by atoms with Crippen LogP contribution >= 0.6 is 0 Å². The molecule has 4 rings (SSSR count). The molecule has 1 N–H and O–H groups in total. The van der Waals surface area contributed by atoms with Crippen molar-refractivity contribution in [3.05, 3.63) is 0 Å². The van der Waals surface area contributed by atoms with Crippen molar-refractivity contribution in [1.82, 2.24) is 10.3 Å². The van der Waals surface area contributed by atoms with Crippen LogP contribution in [0, 0.1) is 16.7 Å². The number of rotatable bonds is 3. The average molecular weight is 248 g/mol. The Morgan fingerprint density at radius 3 is 2.33 bits per heavy atom. The van der Waals surface area contributed by atoms with E-state index in [0.717, 1.165) is 11.8 Å². The minimum Gasteiger partial charge on any atom is -0.317 e. The highest BCUT2D eigenvalue weighted by Crippen LogP contribution is 2.77. The molecule has 4 aliphatic rings. The van der Waals surface area contributed by atoms with Crippen LogP contribution in [0.2, 0.25) is 0 Å². The quantitative estimate of drug-likeness (QED) is 0.469. The van der Waals surface area contributed by atoms with Gasteiger partial charge in [0.15, 0.2) is 5.84 Å². The third-order valence-electron chi connectivity index (χ3n) is 5.20. The Bertz CT molecular complexity index is 359. The molecule has 1 saturated heterocycles. The number of amidine groups is 1. The number of hydrogen-bond acceptors (Lipinski definition) is 3. The molecule has 1 aliphatic heterocycles. The van der Waals surface area contributed by atoms with Gasteiger partial charge in [-0.25, -0.2) is 4.99 Å². The number of hydrogen-bond donors (Lipinski definition) is 1. The maximum absolute atomic E-state index is 4.51. The van der Waals surface area contributed by atoms with E-state index in [2.05, 4.69) is 22.1 Å². The zero-order valence-electron chi connectivity index (χ0n) is 11.6. The summed E-state index contributed by atoms with van der Waals surface area (Å²) < 4.78 is 0. The van der Waals surface area contributed by atoms with Gasteiger partial charge in [-0.05, 0) is 63.2 Å². The van der Waals surface area contributed by atoms with Gasteiger partial charge < -0.3 is 10.3 Å². The van der Waals surface area contributed by atoms with Gasteiger partial charge in [0.25, 0.3) is 0 Å². The van der Waals surface area contributed by atoms with Crippen LogP contribution in [0.15, 0.2) is 10.1 Å². The van der Waals surface area contributed by atoms with Gasteiger partial charge in [0.05, 0.1) is 0 Å². The monoisotopic (exact) mass is 248 g/mol. The first-order valence-electron chi connectivity index (χ1n) is 7.04. The van der Waals surface area contributed by atoms with E-state index >= 15 is 0 Å². The second kappa shape index (κ2) is 4.05. The van der Waals surface area contributed by atoms with E-state index in [1.54, 1.807) is 0 Å². The van der Waals surface area contributed by atoms with Crippen LogP contribution in [-0.4, -0.2) is 44.7 Å². The van der Waals surface area contributed by atoms with Crippen LogP contribution in [0.3, 0.4) is 0 Å². The lowest BCUT2D eigenvalue weighted by atomic mass is 9.31. The van der Waals surface area contributed by atoms with Crippen LogP contribution in [-0.2, 0) is 0 Å². The minimum atomic E-state index is 0.289. The van der Waals surface area contributed by atoms with E-state index in [1.165, 1.54) is 45.2 Å². The third kappa shape index (κ3) is 1.62. The fourth-order valence-corrected chi connectivity index (χ4v) is 4.47. The van der Waals surface area contributed by atoms with Crippen LogP contribution in [0.25, 0.3) is 0 Å². The normalized spacial score (nSPS) is 39.8. The van der Waals surface area contributed by atoms with Crippen LogP contribution < -0.4 is 5.32 Å². The third-order valence-corrected chi connectivity index (χ3v) is 5.20. The van der Waals surface area contributed by atoms with Crippen LogP contribution in [0.4, 0.5) is 0 Å². The number of nitrogens with zero attached hydrogens (tertiary/aromatic N) is 3. The first-order chi connectivity index (χ1) is 8.60. The fraction of sp³-hybridized carbons (Fsp3) is 0.857. The van der Waals surface area contributed by atoms with Gasteiger partial charge in [-0.15, -0.1) is 0 Å². The molecule has 1 heterocycles. The summed E-state index contributed by atoms with van der Waals surface area (Å²) in [6.07, 6.45) is 6.62. The molecule has 0 aromatic heterocycles. The van der Waals surface area contributed by atoms with Crippen molar-refractivity contribution in [1.29, 1.82) is 0 Å². The maximum atomic E-state index is 4.51. The fourth-order valence-electron chi connectivity index (χ4n) is 4.47. The van der Waals surface area contributed by atoms with Crippen molar-refractivity contribution in [3.8, 4) is 0 Å². The van der Waals surface area contributed by atoms with Crippen LogP contribution in [0.1, 0.15) is 32.1 Å². The maximum Gasteiger partial charge on any atom is 0.153 e. The first-order valence-corrected chi connectivity index (χ1v) is 7.04. The molecule has 3 aliphatic carbocycles. The summed E-state index contributed by atoms with van der Waals surface area (Å²) in [6, 6.07) is 0. The SMILES string of the molecule is C=N/C(=N\N(C)C)C12CC(C3CCNCC3)(C1)C2. The molecule has 4 nitrogen and oxygen atoms in total. The molecule has 18 heavy (non-hydrogen) atoms. The van der Waals surface area contributed by atoms with Gasteiger partial charge in [-0.2, -0.15) is 5.10 Å². The predicted octanol–water partition coefficient (Wildman–Crippen LogP) is 1.73. The summed E-state index contributed by atoms with van der Waals surface area (Å²) in [5, 5.41) is 9.82. The largest absolute Gasteiger partial charge is 0.317 e. The highest BCUT2D eigenvalue weighted by Gasteiger charge is 2.72. The zero-order valence-corrected chi connectivity index (χ0v) is 11.6. The van der Waals surface area contributed by atoms with Crippen molar-refractivity contribution in [3.63, 3.8) is 0 Å². The lowest BCUT2D eigenvalue weighted by molar-refractivity contribution is -0.198. The molecule has 0 amide bonds. The minimum absolute atomic E-state index is 0.289. The number of piperidine rings is 1. The Balaban J connectivity index is 1.66. The molecule has 2 bridgehead atoms. The summed E-state index contributed by atoms with van der Waals surface area (Å²) in [5.41, 5.74) is 0.927. The van der Waals surface area contributed by atoms with Gasteiger partial charge in [0.2, 0.25) is 0 Å². The summed E-state index contributed by atoms with van der Waals surface area (Å²) in [4.78, 5) is 4.18. The molecule has 3 saturated carbocycles. The predicted molar refractivity (Wildman–Crippen MR) is 75.0 cm³/mol. The van der Waals surface area contributed by atoms with Crippen molar-refractivity contribution in [2.75, 3.05) is 27.2 Å². The van der Waals surface area contributed by atoms with E-state index in [9.17, 15) is 0 Å². The number of nitrogens with one attached hydrogen (secondary N) is 1. The Morgan fingerprint density at radius 1 is 1.22 bits per heavy atom.